The number of nitrogens with one attached hydrogen (secondary N) is 2. The molecule has 146 valence electrons. The zero-order chi connectivity index (χ0) is 19.8. The number of amides is 4. The van der Waals surface area contributed by atoms with Crippen LogP contribution in [0.2, 0.25) is 5.02 Å². The number of imide groups is 1. The Hall–Kier alpha value is -2.35. The van der Waals surface area contributed by atoms with Gasteiger partial charge in [-0.15, -0.1) is 0 Å². The number of hydrogen-bond acceptors (Lipinski definition) is 4. The van der Waals surface area contributed by atoms with E-state index in [2.05, 4.69) is 10.6 Å². The van der Waals surface area contributed by atoms with E-state index in [4.69, 9.17) is 11.6 Å². The second-order valence-corrected chi connectivity index (χ2v) is 7.57. The minimum absolute atomic E-state index is 0.0856. The maximum Gasteiger partial charge on any atom is 0.322 e. The van der Waals surface area contributed by atoms with E-state index in [9.17, 15) is 18.8 Å². The molecular formula is C18H22ClFN4O3. The number of piperazine rings is 1. The lowest BCUT2D eigenvalue weighted by atomic mass is 9.96. The number of carbonyl (C=O) groups excluding carboxylic acids is 3. The van der Waals surface area contributed by atoms with Crippen molar-refractivity contribution < 1.29 is 18.8 Å². The lowest BCUT2D eigenvalue weighted by Gasteiger charge is -2.36. The molecule has 0 aromatic heterocycles. The Morgan fingerprint density at radius 1 is 1.26 bits per heavy atom. The van der Waals surface area contributed by atoms with Crippen molar-refractivity contribution in [1.29, 1.82) is 0 Å². The molecule has 2 heterocycles. The molecule has 9 heteroatoms. The molecular weight excluding hydrogens is 375 g/mol. The van der Waals surface area contributed by atoms with Gasteiger partial charge in [0.1, 0.15) is 11.4 Å². The topological polar surface area (TPSA) is 81.8 Å². The van der Waals surface area contributed by atoms with Gasteiger partial charge in [0.2, 0.25) is 5.91 Å². The summed E-state index contributed by atoms with van der Waals surface area (Å²) in [5.41, 5.74) is 0.233. The van der Waals surface area contributed by atoms with Crippen LogP contribution in [0.25, 0.3) is 0 Å². The second kappa shape index (κ2) is 7.34. The van der Waals surface area contributed by atoms with Crippen LogP contribution in [0.15, 0.2) is 12.1 Å². The van der Waals surface area contributed by atoms with Crippen molar-refractivity contribution in [2.24, 2.45) is 0 Å². The SMILES string of the molecule is Cc1cc(N2CCN(C(=O)CCC3(C)NC(=O)NC3=O)CC2)c(F)cc1Cl. The molecule has 2 aliphatic rings. The van der Waals surface area contributed by atoms with Gasteiger partial charge in [0.05, 0.1) is 5.69 Å². The second-order valence-electron chi connectivity index (χ2n) is 7.16. The van der Waals surface area contributed by atoms with Crippen LogP contribution in [-0.2, 0) is 9.59 Å². The molecule has 0 bridgehead atoms. The largest absolute Gasteiger partial charge is 0.366 e. The van der Waals surface area contributed by atoms with E-state index in [-0.39, 0.29) is 24.6 Å². The van der Waals surface area contributed by atoms with Crippen molar-refractivity contribution in [2.45, 2.75) is 32.2 Å². The van der Waals surface area contributed by atoms with Crippen LogP contribution in [0.1, 0.15) is 25.3 Å². The fourth-order valence-corrected chi connectivity index (χ4v) is 3.50. The predicted molar refractivity (Wildman–Crippen MR) is 99.3 cm³/mol. The third kappa shape index (κ3) is 4.00. The van der Waals surface area contributed by atoms with E-state index >= 15 is 0 Å². The summed E-state index contributed by atoms with van der Waals surface area (Å²) in [4.78, 5) is 39.1. The Labute approximate surface area is 161 Å². The number of benzene rings is 1. The first-order valence-corrected chi connectivity index (χ1v) is 9.19. The molecule has 7 nitrogen and oxygen atoms in total. The van der Waals surface area contributed by atoms with Gasteiger partial charge in [0, 0.05) is 37.6 Å². The van der Waals surface area contributed by atoms with Crippen LogP contribution in [0.3, 0.4) is 0 Å². The van der Waals surface area contributed by atoms with Crippen LogP contribution in [-0.4, -0.2) is 54.5 Å². The number of nitrogens with zero attached hydrogens (tertiary/aromatic N) is 2. The predicted octanol–water partition coefficient (Wildman–Crippen LogP) is 1.81. The average molecular weight is 397 g/mol. The van der Waals surface area contributed by atoms with Crippen molar-refractivity contribution in [1.82, 2.24) is 15.5 Å². The number of aryl methyl sites for hydroxylation is 1. The highest BCUT2D eigenvalue weighted by Gasteiger charge is 2.42. The van der Waals surface area contributed by atoms with Crippen LogP contribution in [0, 0.1) is 12.7 Å². The number of halogens is 2. The van der Waals surface area contributed by atoms with Crippen LogP contribution in [0.5, 0.6) is 0 Å². The monoisotopic (exact) mass is 396 g/mol. The number of urea groups is 1. The van der Waals surface area contributed by atoms with Crippen LogP contribution >= 0.6 is 11.6 Å². The fraction of sp³-hybridized carbons (Fsp3) is 0.500. The lowest BCUT2D eigenvalue weighted by molar-refractivity contribution is -0.132. The highest BCUT2D eigenvalue weighted by atomic mass is 35.5. The van der Waals surface area contributed by atoms with Crippen molar-refractivity contribution in [3.63, 3.8) is 0 Å². The van der Waals surface area contributed by atoms with E-state index < -0.39 is 17.5 Å². The van der Waals surface area contributed by atoms with Crippen molar-refractivity contribution in [3.05, 3.63) is 28.5 Å². The highest BCUT2D eigenvalue weighted by molar-refractivity contribution is 6.31. The summed E-state index contributed by atoms with van der Waals surface area (Å²) in [7, 11) is 0. The normalized spacial score (nSPS) is 22.7. The summed E-state index contributed by atoms with van der Waals surface area (Å²) >= 11 is 5.94. The Balaban J connectivity index is 1.55. The van der Waals surface area contributed by atoms with E-state index in [0.717, 1.165) is 5.56 Å². The van der Waals surface area contributed by atoms with Gasteiger partial charge in [-0.2, -0.15) is 0 Å². The molecule has 2 fully saturated rings. The van der Waals surface area contributed by atoms with Gasteiger partial charge in [0.15, 0.2) is 0 Å². The molecule has 0 aliphatic carbocycles. The molecule has 0 radical (unpaired) electrons. The average Bonchev–Trinajstić information content (AvgIpc) is 2.88. The first-order valence-electron chi connectivity index (χ1n) is 8.81. The molecule has 1 aromatic rings. The maximum absolute atomic E-state index is 14.2. The molecule has 2 N–H and O–H groups in total. The van der Waals surface area contributed by atoms with E-state index in [1.165, 1.54) is 6.07 Å². The third-order valence-corrected chi connectivity index (χ3v) is 5.56. The van der Waals surface area contributed by atoms with Gasteiger partial charge < -0.3 is 15.1 Å². The minimum Gasteiger partial charge on any atom is -0.366 e. The van der Waals surface area contributed by atoms with Gasteiger partial charge in [-0.05, 0) is 38.0 Å². The molecule has 27 heavy (non-hydrogen) atoms. The van der Waals surface area contributed by atoms with Gasteiger partial charge >= 0.3 is 6.03 Å². The quantitative estimate of drug-likeness (QED) is 0.760. The molecule has 0 spiro atoms. The zero-order valence-corrected chi connectivity index (χ0v) is 16.0. The van der Waals surface area contributed by atoms with Crippen LogP contribution in [0.4, 0.5) is 14.9 Å². The van der Waals surface area contributed by atoms with Crippen molar-refractivity contribution >= 4 is 35.1 Å². The maximum atomic E-state index is 14.2. The molecule has 1 atom stereocenters. The zero-order valence-electron chi connectivity index (χ0n) is 15.3. The number of anilines is 1. The summed E-state index contributed by atoms with van der Waals surface area (Å²) in [6.07, 6.45) is 0.382. The highest BCUT2D eigenvalue weighted by Crippen LogP contribution is 2.27. The number of rotatable bonds is 4. The first kappa shape index (κ1) is 19.4. The molecule has 2 saturated heterocycles. The summed E-state index contributed by atoms with van der Waals surface area (Å²) in [6.45, 7) is 5.38. The van der Waals surface area contributed by atoms with Gasteiger partial charge in [0.25, 0.3) is 5.91 Å². The van der Waals surface area contributed by atoms with Gasteiger partial charge in [-0.3, -0.25) is 14.9 Å². The first-order chi connectivity index (χ1) is 12.7. The molecule has 1 unspecified atom stereocenters. The van der Waals surface area contributed by atoms with Crippen molar-refractivity contribution in [2.75, 3.05) is 31.1 Å². The molecule has 2 aliphatic heterocycles. The smallest absolute Gasteiger partial charge is 0.322 e. The van der Waals surface area contributed by atoms with E-state index in [1.54, 1.807) is 17.9 Å². The van der Waals surface area contributed by atoms with Crippen LogP contribution < -0.4 is 15.5 Å². The standard InChI is InChI=1S/C18H22ClFN4O3/c1-11-9-14(13(20)10-12(11)19)23-5-7-24(8-6-23)15(25)3-4-18(2)16(26)21-17(27)22-18/h9-10H,3-8H2,1-2H3,(H2,21,22,26,27). The third-order valence-electron chi connectivity index (χ3n) is 5.16. The summed E-state index contributed by atoms with van der Waals surface area (Å²) < 4.78 is 14.2. The lowest BCUT2D eigenvalue weighted by Crippen LogP contribution is -2.50. The molecule has 1 aromatic carbocycles. The van der Waals surface area contributed by atoms with Gasteiger partial charge in [-0.25, -0.2) is 9.18 Å². The van der Waals surface area contributed by atoms with E-state index in [0.29, 0.717) is 36.9 Å². The van der Waals surface area contributed by atoms with Crippen molar-refractivity contribution in [3.8, 4) is 0 Å². The fourth-order valence-electron chi connectivity index (χ4n) is 3.35. The van der Waals surface area contributed by atoms with Gasteiger partial charge in [-0.1, -0.05) is 11.6 Å². The summed E-state index contributed by atoms with van der Waals surface area (Å²) in [5, 5.41) is 5.13. The van der Waals surface area contributed by atoms with E-state index in [1.807, 2.05) is 11.8 Å². The Morgan fingerprint density at radius 3 is 2.52 bits per heavy atom. The Morgan fingerprint density at radius 2 is 1.93 bits per heavy atom. The molecule has 4 amide bonds. The number of carbonyl (C=O) groups is 3. The Bertz CT molecular complexity index is 795. The molecule has 0 saturated carbocycles. The number of hydrogen-bond donors (Lipinski definition) is 2. The molecule has 3 rings (SSSR count). The summed E-state index contributed by atoms with van der Waals surface area (Å²) in [6, 6.07) is 2.49. The minimum atomic E-state index is -1.06. The Kier molecular flexibility index (Phi) is 5.28. The summed E-state index contributed by atoms with van der Waals surface area (Å²) in [5.74, 6) is -0.877.